The van der Waals surface area contributed by atoms with Crippen LogP contribution in [0.15, 0.2) is 97.3 Å². The molecule has 0 bridgehead atoms. The van der Waals surface area contributed by atoms with E-state index in [0.29, 0.717) is 38.1 Å². The molecule has 3 heterocycles. The molecular weight excluding hydrogens is 695 g/mol. The zero-order chi connectivity index (χ0) is 31.6. The number of Topliss-reactive ketones (excluding diaryl/α,β-unsaturated/α-hetero) is 1. The summed E-state index contributed by atoms with van der Waals surface area (Å²) in [4.78, 5) is 41.5. The van der Waals surface area contributed by atoms with Crippen molar-refractivity contribution in [3.8, 4) is 0 Å². The minimum atomic E-state index is -1.70. The lowest BCUT2D eigenvalue weighted by atomic mass is 9.94. The Morgan fingerprint density at radius 3 is 1.93 bits per heavy atom. The van der Waals surface area contributed by atoms with Gasteiger partial charge in [-0.3, -0.25) is 19.6 Å². The lowest BCUT2D eigenvalue weighted by Gasteiger charge is -2.19. The maximum absolute atomic E-state index is 12.1. The molecule has 2 N–H and O–H groups in total. The molecule has 2 atom stereocenters. The molecule has 1 aliphatic rings. The summed E-state index contributed by atoms with van der Waals surface area (Å²) in [5.74, 6) is -3.06. The number of pyridine rings is 2. The van der Waals surface area contributed by atoms with Gasteiger partial charge in [-0.25, -0.2) is 4.79 Å². The fourth-order valence-electron chi connectivity index (χ4n) is 3.89. The fourth-order valence-corrected chi connectivity index (χ4v) is 4.41. The van der Waals surface area contributed by atoms with Crippen molar-refractivity contribution in [1.29, 1.82) is 0 Å². The van der Waals surface area contributed by atoms with E-state index in [9.17, 15) is 19.5 Å². The summed E-state index contributed by atoms with van der Waals surface area (Å²) < 4.78 is 5.08. The Morgan fingerprint density at radius 2 is 1.45 bits per heavy atom. The molecule has 0 radical (unpaired) electrons. The quantitative estimate of drug-likeness (QED) is 0.120. The van der Waals surface area contributed by atoms with E-state index in [1.165, 1.54) is 6.92 Å². The molecule has 0 saturated carbocycles. The Hall–Kier alpha value is -3.60. The van der Waals surface area contributed by atoms with Crippen LogP contribution in [0.25, 0.3) is 11.1 Å². The van der Waals surface area contributed by atoms with Crippen molar-refractivity contribution in [2.45, 2.75) is 30.9 Å². The maximum Gasteiger partial charge on any atom is 0.343 e. The van der Waals surface area contributed by atoms with E-state index in [0.717, 1.165) is 0 Å². The van der Waals surface area contributed by atoms with Crippen molar-refractivity contribution < 1.29 is 29.3 Å². The first kappa shape index (κ1) is 36.6. The third-order valence-corrected chi connectivity index (χ3v) is 6.73. The van der Waals surface area contributed by atoms with Crippen LogP contribution in [0, 0.1) is 0 Å². The summed E-state index contributed by atoms with van der Waals surface area (Å²) in [5, 5.41) is 20.0. The normalized spacial score (nSPS) is 15.8. The first-order valence-electron chi connectivity index (χ1n) is 12.8. The Balaban J connectivity index is 0.000000250. The number of carbonyl (C=O) groups is 3. The molecule has 2 aromatic carbocycles. The number of alkyl halides is 1. The molecule has 8 nitrogen and oxygen atoms in total. The van der Waals surface area contributed by atoms with Crippen LogP contribution in [0.1, 0.15) is 41.2 Å². The van der Waals surface area contributed by atoms with E-state index < -0.39 is 17.7 Å². The predicted molar refractivity (Wildman–Crippen MR) is 176 cm³/mol. The average molecular weight is 723 g/mol. The van der Waals surface area contributed by atoms with Crippen LogP contribution >= 0.6 is 51.5 Å². The number of hydrogen-bond acceptors (Lipinski definition) is 7. The van der Waals surface area contributed by atoms with E-state index in [1.54, 1.807) is 104 Å². The highest BCUT2D eigenvalue weighted by atomic mass is 79.9. The molecule has 0 spiro atoms. The van der Waals surface area contributed by atoms with Gasteiger partial charge in [0.2, 0.25) is 5.79 Å². The molecule has 230 valence electrons. The van der Waals surface area contributed by atoms with Crippen molar-refractivity contribution in [2.24, 2.45) is 0 Å². The van der Waals surface area contributed by atoms with Crippen LogP contribution in [-0.2, 0) is 20.7 Å². The van der Waals surface area contributed by atoms with E-state index in [-0.39, 0.29) is 35.0 Å². The predicted octanol–water partition coefficient (Wildman–Crippen LogP) is 7.35. The van der Waals surface area contributed by atoms with Crippen molar-refractivity contribution in [3.63, 3.8) is 0 Å². The van der Waals surface area contributed by atoms with Crippen molar-refractivity contribution >= 4 is 80.4 Å². The van der Waals surface area contributed by atoms with Gasteiger partial charge in [0.05, 0.1) is 28.2 Å². The number of esters is 1. The highest BCUT2D eigenvalue weighted by Crippen LogP contribution is 2.42. The van der Waals surface area contributed by atoms with Crippen LogP contribution in [-0.4, -0.2) is 48.5 Å². The molecule has 44 heavy (non-hydrogen) atoms. The first-order chi connectivity index (χ1) is 20.4. The third kappa shape index (κ3) is 10.5. The fraction of sp³-hybridized carbons (Fsp3) is 0.156. The number of aromatic nitrogens is 2. The van der Waals surface area contributed by atoms with Crippen LogP contribution in [0.5, 0.6) is 0 Å². The second-order valence-corrected chi connectivity index (χ2v) is 11.5. The first-order valence-corrected chi connectivity index (χ1v) is 14.5. The van der Waals surface area contributed by atoms with Crippen molar-refractivity contribution in [3.05, 3.63) is 130 Å². The summed E-state index contributed by atoms with van der Waals surface area (Å²) in [6, 6.07) is 24.2. The van der Waals surface area contributed by atoms with E-state index in [4.69, 9.17) is 33.0 Å². The second kappa shape index (κ2) is 17.0. The number of ether oxygens (including phenoxy) is 1. The number of rotatable bonds is 6. The van der Waals surface area contributed by atoms with E-state index in [1.807, 2.05) is 0 Å². The molecule has 0 amide bonds. The number of aliphatic hydroxyl groups is 1. The van der Waals surface area contributed by atoms with Gasteiger partial charge < -0.3 is 14.9 Å². The number of halogens is 4. The van der Waals surface area contributed by atoms with Crippen LogP contribution < -0.4 is 0 Å². The number of nitrogens with zero attached hydrogens (tertiary/aromatic N) is 2. The number of ketones is 1. The largest absolute Gasteiger partial charge is 0.481 e. The minimum Gasteiger partial charge on any atom is -0.481 e. The molecule has 2 aromatic heterocycles. The summed E-state index contributed by atoms with van der Waals surface area (Å²) in [6.45, 7) is 3.24. The number of cyclic esters (lactones) is 1. The Morgan fingerprint density at radius 1 is 0.909 bits per heavy atom. The lowest BCUT2D eigenvalue weighted by molar-refractivity contribution is -0.169. The van der Waals surface area contributed by atoms with Gasteiger partial charge in [-0.15, -0.1) is 12.4 Å². The topological polar surface area (TPSA) is 127 Å². The summed E-state index contributed by atoms with van der Waals surface area (Å²) in [5.41, 5.74) is 3.06. The van der Waals surface area contributed by atoms with Gasteiger partial charge >= 0.3 is 11.9 Å². The van der Waals surface area contributed by atoms with Gasteiger partial charge in [0.1, 0.15) is 0 Å². The molecule has 1 aliphatic heterocycles. The lowest BCUT2D eigenvalue weighted by Crippen LogP contribution is -2.26. The van der Waals surface area contributed by atoms with Crippen LogP contribution in [0.3, 0.4) is 0 Å². The van der Waals surface area contributed by atoms with Crippen LogP contribution in [0.2, 0.25) is 10.0 Å². The van der Waals surface area contributed by atoms with Crippen molar-refractivity contribution in [2.75, 3.05) is 0 Å². The van der Waals surface area contributed by atoms with Gasteiger partial charge in [0.25, 0.3) is 0 Å². The summed E-state index contributed by atoms with van der Waals surface area (Å²) in [6.07, 6.45) is 3.17. The van der Waals surface area contributed by atoms with Gasteiger partial charge in [-0.1, -0.05) is 63.4 Å². The smallest absolute Gasteiger partial charge is 0.343 e. The van der Waals surface area contributed by atoms with Gasteiger partial charge in [0, 0.05) is 40.5 Å². The van der Waals surface area contributed by atoms with E-state index in [2.05, 4.69) is 25.9 Å². The third-order valence-electron chi connectivity index (χ3n) is 5.81. The average Bonchev–Trinajstić information content (AvgIpc) is 3.22. The molecule has 5 rings (SSSR count). The van der Waals surface area contributed by atoms with Gasteiger partial charge in [0.15, 0.2) is 5.78 Å². The molecule has 2 unspecified atom stereocenters. The number of benzene rings is 2. The number of carbonyl (C=O) groups excluding carboxylic acids is 2. The number of carboxylic acids is 1. The van der Waals surface area contributed by atoms with Crippen molar-refractivity contribution in [1.82, 2.24) is 9.97 Å². The Kier molecular flexibility index (Phi) is 14.2. The SMILES string of the molecule is CC(Br)C(=O)c1ccc(Cl)cc1.CC1(O)OC(=O)C(c2ccccn2)=C1c1ccc(Cl)cc1.Cl.O=C(O)Cc1ccccn1. The highest BCUT2D eigenvalue weighted by molar-refractivity contribution is 9.10. The Bertz CT molecular complexity index is 1580. The second-order valence-electron chi connectivity index (χ2n) is 9.22. The summed E-state index contributed by atoms with van der Waals surface area (Å²) in [7, 11) is 0. The standard InChI is InChI=1S/C16H12ClNO3.C9H8BrClO.C7H7NO2.ClH/c1-16(20)14(10-5-7-11(17)8-6-10)13(15(19)21-16)12-4-2-3-9-18-12;1-6(10)9(12)7-2-4-8(11)5-3-7;9-7(10)5-6-3-1-2-4-8-6;/h2-9,20H,1H3;2-6H,1H3;1-4H,5H2,(H,9,10);1H. The molecule has 0 aliphatic carbocycles. The van der Waals surface area contributed by atoms with E-state index >= 15 is 0 Å². The molecule has 12 heteroatoms. The van der Waals surface area contributed by atoms with Gasteiger partial charge in [-0.2, -0.15) is 0 Å². The maximum atomic E-state index is 12.1. The molecule has 0 fully saturated rings. The minimum absolute atomic E-state index is 0. The molecular formula is C32H28BrCl3N2O6. The highest BCUT2D eigenvalue weighted by Gasteiger charge is 2.44. The molecule has 0 saturated heterocycles. The number of aliphatic carboxylic acids is 1. The number of hydrogen-bond donors (Lipinski definition) is 2. The zero-order valence-corrected chi connectivity index (χ0v) is 27.4. The number of carboxylic acid groups (broad SMARTS) is 1. The zero-order valence-electron chi connectivity index (χ0n) is 23.5. The summed E-state index contributed by atoms with van der Waals surface area (Å²) >= 11 is 14.8. The Labute approximate surface area is 279 Å². The molecule has 4 aromatic rings. The monoisotopic (exact) mass is 720 g/mol. The van der Waals surface area contributed by atoms with Gasteiger partial charge in [-0.05, 0) is 73.2 Å². The van der Waals surface area contributed by atoms with Crippen LogP contribution in [0.4, 0.5) is 0 Å².